The molecule has 1 atom stereocenters. The average Bonchev–Trinajstić information content (AvgIpc) is 3.00. The number of hydrogen-bond donors (Lipinski definition) is 0. The van der Waals surface area contributed by atoms with E-state index in [2.05, 4.69) is 44.3 Å². The van der Waals surface area contributed by atoms with Crippen molar-refractivity contribution in [3.05, 3.63) is 0 Å². The van der Waals surface area contributed by atoms with Crippen molar-refractivity contribution in [2.75, 3.05) is 26.2 Å². The molecule has 1 aliphatic rings. The van der Waals surface area contributed by atoms with E-state index in [1.807, 2.05) is 0 Å². The van der Waals surface area contributed by atoms with E-state index in [9.17, 15) is 4.79 Å². The highest BCUT2D eigenvalue weighted by molar-refractivity contribution is 14.1. The predicted molar refractivity (Wildman–Crippen MR) is 105 cm³/mol. The molecule has 0 amide bonds. The van der Waals surface area contributed by atoms with Crippen molar-refractivity contribution in [1.82, 2.24) is 4.90 Å². The zero-order valence-electron chi connectivity index (χ0n) is 14.6. The highest BCUT2D eigenvalue weighted by atomic mass is 127. The summed E-state index contributed by atoms with van der Waals surface area (Å²) in [5, 5.41) is 0. The van der Waals surface area contributed by atoms with Gasteiger partial charge in [0.15, 0.2) is 0 Å². The Morgan fingerprint density at radius 2 is 2.04 bits per heavy atom. The summed E-state index contributed by atoms with van der Waals surface area (Å²) < 4.78 is 8.22. The second kappa shape index (κ2) is 14.1. The monoisotopic (exact) mass is 433 g/mol. The van der Waals surface area contributed by atoms with Crippen LogP contribution in [-0.2, 0) is 9.53 Å². The molecular weight excluding hydrogens is 401 g/mol. The molecule has 23 heavy (non-hydrogen) atoms. The van der Waals surface area contributed by atoms with E-state index < -0.39 is 0 Å². The van der Waals surface area contributed by atoms with Gasteiger partial charge in [0.2, 0.25) is 0 Å². The van der Waals surface area contributed by atoms with Gasteiger partial charge in [-0.25, -0.2) is 0 Å². The van der Waals surface area contributed by atoms with Gasteiger partial charge in [0.25, 0.3) is 0 Å². The van der Waals surface area contributed by atoms with E-state index in [1.165, 1.54) is 51.7 Å². The van der Waals surface area contributed by atoms with Crippen LogP contribution in [-0.4, -0.2) is 37.1 Å². The maximum atomic E-state index is 11.6. The lowest BCUT2D eigenvalue weighted by Crippen LogP contribution is -2.21. The van der Waals surface area contributed by atoms with Crippen molar-refractivity contribution in [3.63, 3.8) is 0 Å². The molecule has 0 spiro atoms. The Kier molecular flexibility index (Phi) is 12.7. The van der Waals surface area contributed by atoms with Gasteiger partial charge in [0.05, 0.1) is 6.61 Å². The van der Waals surface area contributed by atoms with Crippen LogP contribution in [0.2, 0.25) is 0 Å². The van der Waals surface area contributed by atoms with Crippen molar-refractivity contribution in [3.8, 4) is 9.85 Å². The van der Waals surface area contributed by atoms with Crippen LogP contribution in [0.25, 0.3) is 0 Å². The minimum absolute atomic E-state index is 0.0138. The third-order valence-electron chi connectivity index (χ3n) is 4.44. The number of likely N-dealkylation sites (tertiary alicyclic amines) is 1. The summed E-state index contributed by atoms with van der Waals surface area (Å²) in [6.07, 6.45) is 10.8. The Morgan fingerprint density at radius 1 is 1.22 bits per heavy atom. The number of rotatable bonds is 12. The average molecular weight is 433 g/mol. The van der Waals surface area contributed by atoms with Gasteiger partial charge in [-0.2, -0.15) is 0 Å². The zero-order valence-corrected chi connectivity index (χ0v) is 16.8. The molecule has 0 aromatic rings. The summed E-state index contributed by atoms with van der Waals surface area (Å²) in [5.41, 5.74) is 0. The Labute approximate surface area is 156 Å². The lowest BCUT2D eigenvalue weighted by Gasteiger charge is -2.15. The maximum Gasteiger partial charge on any atom is 0.305 e. The molecule has 0 aliphatic carbocycles. The molecule has 1 fully saturated rings. The SMILES string of the molecule is CCCCCCOC(=O)CCCCCN1CCC(CC#CI)C1. The molecule has 0 radical (unpaired) electrons. The molecule has 0 saturated carbocycles. The third-order valence-corrected chi connectivity index (χ3v) is 4.83. The highest BCUT2D eigenvalue weighted by Gasteiger charge is 2.20. The fraction of sp³-hybridized carbons (Fsp3) is 0.842. The van der Waals surface area contributed by atoms with Gasteiger partial charge in [-0.15, -0.1) is 0 Å². The van der Waals surface area contributed by atoms with Gasteiger partial charge in [-0.3, -0.25) is 4.79 Å². The van der Waals surface area contributed by atoms with Crippen LogP contribution in [0, 0.1) is 15.8 Å². The van der Waals surface area contributed by atoms with Crippen LogP contribution >= 0.6 is 22.6 Å². The first-order chi connectivity index (χ1) is 11.3. The minimum atomic E-state index is -0.0138. The standard InChI is InChI=1S/C19H32INO2/c1-2-3-4-8-16-23-19(22)11-6-5-7-14-21-15-12-18(17-21)10-9-13-20/h18H,2-8,10-12,14-17H2,1H3. The number of esters is 1. The fourth-order valence-electron chi connectivity index (χ4n) is 3.03. The van der Waals surface area contributed by atoms with Crippen LogP contribution in [0.1, 0.15) is 71.1 Å². The zero-order chi connectivity index (χ0) is 16.8. The number of carbonyl (C=O) groups excluding carboxylic acids is 1. The van der Waals surface area contributed by atoms with Gasteiger partial charge in [0.1, 0.15) is 0 Å². The molecule has 1 rings (SSSR count). The molecule has 1 heterocycles. The first kappa shape index (κ1) is 20.8. The van der Waals surface area contributed by atoms with E-state index in [0.717, 1.165) is 31.6 Å². The lowest BCUT2D eigenvalue weighted by atomic mass is 10.1. The number of ether oxygens (including phenoxy) is 1. The highest BCUT2D eigenvalue weighted by Crippen LogP contribution is 2.19. The van der Waals surface area contributed by atoms with Crippen LogP contribution in [0.3, 0.4) is 0 Å². The molecule has 0 aromatic heterocycles. The van der Waals surface area contributed by atoms with Gasteiger partial charge in [-0.1, -0.05) is 38.5 Å². The summed E-state index contributed by atoms with van der Waals surface area (Å²) in [4.78, 5) is 14.1. The number of halogens is 1. The van der Waals surface area contributed by atoms with E-state index in [4.69, 9.17) is 4.74 Å². The number of nitrogens with zero attached hydrogens (tertiary/aromatic N) is 1. The second-order valence-corrected chi connectivity index (χ2v) is 7.06. The van der Waals surface area contributed by atoms with E-state index in [0.29, 0.717) is 13.0 Å². The Bertz CT molecular complexity index is 375. The van der Waals surface area contributed by atoms with Crippen LogP contribution in [0.15, 0.2) is 0 Å². The summed E-state index contributed by atoms with van der Waals surface area (Å²) in [5.74, 6) is 3.94. The third kappa shape index (κ3) is 11.0. The molecule has 0 aromatic carbocycles. The van der Waals surface area contributed by atoms with E-state index >= 15 is 0 Å². The maximum absolute atomic E-state index is 11.6. The predicted octanol–water partition coefficient (Wildman–Crippen LogP) is 4.78. The molecule has 0 bridgehead atoms. The van der Waals surface area contributed by atoms with Gasteiger partial charge >= 0.3 is 5.97 Å². The molecule has 1 unspecified atom stereocenters. The topological polar surface area (TPSA) is 29.5 Å². The smallest absolute Gasteiger partial charge is 0.305 e. The van der Waals surface area contributed by atoms with Crippen molar-refractivity contribution in [2.24, 2.45) is 5.92 Å². The number of carbonyl (C=O) groups is 1. The number of hydrogen-bond acceptors (Lipinski definition) is 3. The summed E-state index contributed by atoms with van der Waals surface area (Å²) >= 11 is 2.12. The first-order valence-corrected chi connectivity index (χ1v) is 10.3. The molecule has 0 N–H and O–H groups in total. The molecule has 4 heteroatoms. The van der Waals surface area contributed by atoms with Crippen LogP contribution in [0.4, 0.5) is 0 Å². The first-order valence-electron chi connectivity index (χ1n) is 9.22. The molecule has 1 saturated heterocycles. The second-order valence-electron chi connectivity index (χ2n) is 6.52. The van der Waals surface area contributed by atoms with Crippen molar-refractivity contribution < 1.29 is 9.53 Å². The Balaban J connectivity index is 1.91. The van der Waals surface area contributed by atoms with E-state index in [-0.39, 0.29) is 5.97 Å². The van der Waals surface area contributed by atoms with E-state index in [1.54, 1.807) is 0 Å². The van der Waals surface area contributed by atoms with Gasteiger partial charge < -0.3 is 9.64 Å². The number of unbranched alkanes of at least 4 members (excludes halogenated alkanes) is 5. The molecule has 1 aliphatic heterocycles. The lowest BCUT2D eigenvalue weighted by molar-refractivity contribution is -0.143. The molecular formula is C19H32INO2. The molecule has 3 nitrogen and oxygen atoms in total. The normalized spacial score (nSPS) is 17.7. The van der Waals surface area contributed by atoms with Crippen molar-refractivity contribution in [1.29, 1.82) is 0 Å². The fourth-order valence-corrected chi connectivity index (χ4v) is 3.25. The van der Waals surface area contributed by atoms with Crippen molar-refractivity contribution >= 4 is 28.6 Å². The largest absolute Gasteiger partial charge is 0.466 e. The summed E-state index contributed by atoms with van der Waals surface area (Å²) in [6.45, 7) is 6.38. The summed E-state index contributed by atoms with van der Waals surface area (Å²) in [6, 6.07) is 0. The quantitative estimate of drug-likeness (QED) is 0.192. The van der Waals surface area contributed by atoms with Gasteiger partial charge in [-0.05, 0) is 48.6 Å². The van der Waals surface area contributed by atoms with Crippen molar-refractivity contribution in [2.45, 2.75) is 71.1 Å². The van der Waals surface area contributed by atoms with Crippen LogP contribution < -0.4 is 0 Å². The van der Waals surface area contributed by atoms with Gasteiger partial charge in [0, 0.05) is 42.0 Å². The summed E-state index contributed by atoms with van der Waals surface area (Å²) in [7, 11) is 0. The Morgan fingerprint density at radius 3 is 2.83 bits per heavy atom. The van der Waals surface area contributed by atoms with Crippen LogP contribution in [0.5, 0.6) is 0 Å². The Hall–Kier alpha value is -0.280. The minimum Gasteiger partial charge on any atom is -0.466 e. The molecule has 132 valence electrons.